The van der Waals surface area contributed by atoms with Crippen LogP contribution in [0.15, 0.2) is 18.5 Å². The molecule has 0 aromatic carbocycles. The third kappa shape index (κ3) is 2.65. The van der Waals surface area contributed by atoms with Gasteiger partial charge in [-0.15, -0.1) is 11.3 Å². The molecule has 0 bridgehead atoms. The molecular formula is C11H13ClN4OS. The molecule has 0 spiro atoms. The van der Waals surface area contributed by atoms with Crippen LogP contribution in [0.4, 0.5) is 11.5 Å². The summed E-state index contributed by atoms with van der Waals surface area (Å²) in [5.74, 6) is 0.919. The number of ether oxygens (including phenoxy) is 1. The number of thiophene rings is 1. The zero-order chi connectivity index (χ0) is 13.1. The summed E-state index contributed by atoms with van der Waals surface area (Å²) >= 11 is 7.43. The Balaban J connectivity index is 2.19. The first-order chi connectivity index (χ1) is 8.61. The Kier molecular flexibility index (Phi) is 3.88. The number of rotatable bonds is 4. The first-order valence-electron chi connectivity index (χ1n) is 5.28. The molecule has 2 heterocycles. The molecule has 5 nitrogen and oxygen atoms in total. The minimum absolute atomic E-state index is 0.0596. The number of methoxy groups -OCH3 is 1. The van der Waals surface area contributed by atoms with Crippen LogP contribution in [0, 0.1) is 0 Å². The molecule has 1 atom stereocenters. The fourth-order valence-electron chi connectivity index (χ4n) is 1.49. The molecule has 96 valence electrons. The van der Waals surface area contributed by atoms with Gasteiger partial charge in [0.2, 0.25) is 5.88 Å². The van der Waals surface area contributed by atoms with Crippen molar-refractivity contribution in [1.82, 2.24) is 9.97 Å². The van der Waals surface area contributed by atoms with Gasteiger partial charge in [-0.2, -0.15) is 4.98 Å². The second-order valence-corrected chi connectivity index (χ2v) is 5.40. The maximum Gasteiger partial charge on any atom is 0.242 e. The first kappa shape index (κ1) is 12.9. The van der Waals surface area contributed by atoms with Crippen molar-refractivity contribution in [2.75, 3.05) is 18.2 Å². The highest BCUT2D eigenvalue weighted by molar-refractivity contribution is 7.16. The Bertz CT molecular complexity index is 546. The summed E-state index contributed by atoms with van der Waals surface area (Å²) in [5.41, 5.74) is 6.29. The Morgan fingerprint density at radius 3 is 2.83 bits per heavy atom. The van der Waals surface area contributed by atoms with Crippen molar-refractivity contribution in [3.8, 4) is 5.88 Å². The van der Waals surface area contributed by atoms with Gasteiger partial charge >= 0.3 is 0 Å². The maximum atomic E-state index is 5.91. The molecule has 0 fully saturated rings. The molecule has 3 N–H and O–H groups in total. The predicted molar refractivity (Wildman–Crippen MR) is 74.4 cm³/mol. The van der Waals surface area contributed by atoms with Gasteiger partial charge in [0.15, 0.2) is 5.82 Å². The van der Waals surface area contributed by atoms with E-state index in [0.717, 1.165) is 9.21 Å². The highest BCUT2D eigenvalue weighted by atomic mass is 35.5. The molecule has 0 amide bonds. The predicted octanol–water partition coefficient (Wildman–Crippen LogP) is 2.96. The lowest BCUT2D eigenvalue weighted by molar-refractivity contribution is 0.399. The van der Waals surface area contributed by atoms with Crippen molar-refractivity contribution >= 4 is 34.4 Å². The summed E-state index contributed by atoms with van der Waals surface area (Å²) in [6.45, 7) is 2.01. The molecule has 1 unspecified atom stereocenters. The number of nitrogens with one attached hydrogen (secondary N) is 1. The van der Waals surface area contributed by atoms with Crippen LogP contribution >= 0.6 is 22.9 Å². The summed E-state index contributed by atoms with van der Waals surface area (Å²) in [6, 6.07) is 3.90. The molecule has 0 aliphatic carbocycles. The molecule has 0 radical (unpaired) electrons. The molecule has 2 rings (SSSR count). The van der Waals surface area contributed by atoms with Gasteiger partial charge in [0.05, 0.1) is 17.5 Å². The summed E-state index contributed by atoms with van der Waals surface area (Å²) in [5, 5.41) is 3.21. The lowest BCUT2D eigenvalue weighted by atomic mass is 10.2. The lowest BCUT2D eigenvalue weighted by Gasteiger charge is -2.15. The Morgan fingerprint density at radius 1 is 1.44 bits per heavy atom. The quantitative estimate of drug-likeness (QED) is 0.903. The zero-order valence-corrected chi connectivity index (χ0v) is 11.5. The molecule has 0 aliphatic heterocycles. The standard InChI is InChI=1S/C11H13ClN4OS/c1-6(7-3-4-8(12)18-7)16-10-9(13)11(17-2)15-5-14-10/h3-6H,13H2,1-2H3,(H,14,15,16). The van der Waals surface area contributed by atoms with Crippen molar-refractivity contribution in [1.29, 1.82) is 0 Å². The van der Waals surface area contributed by atoms with E-state index in [1.54, 1.807) is 0 Å². The van der Waals surface area contributed by atoms with Crippen molar-refractivity contribution in [2.24, 2.45) is 0 Å². The van der Waals surface area contributed by atoms with Gasteiger partial charge in [-0.05, 0) is 19.1 Å². The second-order valence-electron chi connectivity index (χ2n) is 3.65. The van der Waals surface area contributed by atoms with Crippen molar-refractivity contribution in [3.63, 3.8) is 0 Å². The number of aromatic nitrogens is 2. The van der Waals surface area contributed by atoms with Gasteiger partial charge < -0.3 is 15.8 Å². The van der Waals surface area contributed by atoms with Crippen LogP contribution in [0.25, 0.3) is 0 Å². The van der Waals surface area contributed by atoms with E-state index in [1.165, 1.54) is 24.8 Å². The SMILES string of the molecule is COc1ncnc(NC(C)c2ccc(Cl)s2)c1N. The van der Waals surface area contributed by atoms with Crippen LogP contribution in [0.2, 0.25) is 4.34 Å². The molecule has 2 aromatic heterocycles. The maximum absolute atomic E-state index is 5.91. The number of nitrogens with zero attached hydrogens (tertiary/aromatic N) is 2. The van der Waals surface area contributed by atoms with E-state index in [2.05, 4.69) is 15.3 Å². The smallest absolute Gasteiger partial charge is 0.242 e. The van der Waals surface area contributed by atoms with Gasteiger partial charge in [0.25, 0.3) is 0 Å². The second kappa shape index (κ2) is 5.41. The molecular weight excluding hydrogens is 272 g/mol. The van der Waals surface area contributed by atoms with Crippen molar-refractivity contribution < 1.29 is 4.74 Å². The Hall–Kier alpha value is -1.53. The van der Waals surface area contributed by atoms with E-state index >= 15 is 0 Å². The van der Waals surface area contributed by atoms with E-state index < -0.39 is 0 Å². The molecule has 2 aromatic rings. The van der Waals surface area contributed by atoms with E-state index in [0.29, 0.717) is 17.4 Å². The van der Waals surface area contributed by atoms with E-state index in [1.807, 2.05) is 19.1 Å². The third-order valence-corrected chi connectivity index (χ3v) is 3.83. The number of anilines is 2. The van der Waals surface area contributed by atoms with Gasteiger partial charge in [0, 0.05) is 4.88 Å². The van der Waals surface area contributed by atoms with Crippen molar-refractivity contribution in [3.05, 3.63) is 27.7 Å². The van der Waals surface area contributed by atoms with Crippen LogP contribution < -0.4 is 15.8 Å². The monoisotopic (exact) mass is 284 g/mol. The van der Waals surface area contributed by atoms with Crippen molar-refractivity contribution in [2.45, 2.75) is 13.0 Å². The first-order valence-corrected chi connectivity index (χ1v) is 6.47. The van der Waals surface area contributed by atoms with Crippen LogP contribution in [-0.4, -0.2) is 17.1 Å². The van der Waals surface area contributed by atoms with Crippen LogP contribution in [0.1, 0.15) is 17.8 Å². The molecule has 0 aliphatic rings. The largest absolute Gasteiger partial charge is 0.479 e. The topological polar surface area (TPSA) is 73.1 Å². The van der Waals surface area contributed by atoms with E-state index in [-0.39, 0.29) is 6.04 Å². The number of nitrogen functional groups attached to an aromatic ring is 1. The number of hydrogen-bond acceptors (Lipinski definition) is 6. The minimum Gasteiger partial charge on any atom is -0.479 e. The summed E-state index contributed by atoms with van der Waals surface area (Å²) in [4.78, 5) is 9.14. The highest BCUT2D eigenvalue weighted by Crippen LogP contribution is 2.31. The fourth-order valence-corrected chi connectivity index (χ4v) is 2.56. The highest BCUT2D eigenvalue weighted by Gasteiger charge is 2.13. The number of hydrogen-bond donors (Lipinski definition) is 2. The van der Waals surface area contributed by atoms with Crippen LogP contribution in [-0.2, 0) is 0 Å². The lowest BCUT2D eigenvalue weighted by Crippen LogP contribution is -2.10. The van der Waals surface area contributed by atoms with E-state index in [9.17, 15) is 0 Å². The van der Waals surface area contributed by atoms with E-state index in [4.69, 9.17) is 22.1 Å². The Labute approximate surface area is 114 Å². The van der Waals surface area contributed by atoms with Crippen LogP contribution in [0.3, 0.4) is 0 Å². The average Bonchev–Trinajstić information content (AvgIpc) is 2.78. The molecule has 7 heteroatoms. The summed E-state index contributed by atoms with van der Waals surface area (Å²) in [6.07, 6.45) is 1.41. The molecule has 0 saturated heterocycles. The van der Waals surface area contributed by atoms with Gasteiger partial charge in [-0.25, -0.2) is 4.98 Å². The Morgan fingerprint density at radius 2 is 2.22 bits per heavy atom. The summed E-state index contributed by atoms with van der Waals surface area (Å²) < 4.78 is 5.80. The fraction of sp³-hybridized carbons (Fsp3) is 0.273. The average molecular weight is 285 g/mol. The van der Waals surface area contributed by atoms with Crippen LogP contribution in [0.5, 0.6) is 5.88 Å². The molecule has 18 heavy (non-hydrogen) atoms. The molecule has 0 saturated carbocycles. The summed E-state index contributed by atoms with van der Waals surface area (Å²) in [7, 11) is 1.52. The zero-order valence-electron chi connectivity index (χ0n) is 9.98. The van der Waals surface area contributed by atoms with Gasteiger partial charge in [-0.1, -0.05) is 11.6 Å². The van der Waals surface area contributed by atoms with Gasteiger partial charge in [0.1, 0.15) is 12.0 Å². The van der Waals surface area contributed by atoms with Gasteiger partial charge in [-0.3, -0.25) is 0 Å². The minimum atomic E-state index is 0.0596. The third-order valence-electron chi connectivity index (χ3n) is 2.41. The number of nitrogens with two attached hydrogens (primary N) is 1. The number of halogens is 1. The normalized spacial score (nSPS) is 12.2.